The van der Waals surface area contributed by atoms with Crippen molar-refractivity contribution in [2.24, 2.45) is 7.05 Å². The number of rotatable bonds is 5. The van der Waals surface area contributed by atoms with Crippen LogP contribution in [0.4, 0.5) is 0 Å². The Morgan fingerprint density at radius 1 is 1.57 bits per heavy atom. The zero-order chi connectivity index (χ0) is 16.2. The van der Waals surface area contributed by atoms with Gasteiger partial charge in [0.2, 0.25) is 5.91 Å². The van der Waals surface area contributed by atoms with Crippen LogP contribution in [0, 0.1) is 0 Å². The SMILES string of the molecule is CCOC[C@H]1c2c(cnn2C)CCN1C(=O)/C=C/c1cccs1. The van der Waals surface area contributed by atoms with E-state index in [1.807, 2.05) is 53.3 Å². The van der Waals surface area contributed by atoms with Crippen molar-refractivity contribution in [1.82, 2.24) is 14.7 Å². The average Bonchev–Trinajstić information content (AvgIpc) is 3.20. The van der Waals surface area contributed by atoms with E-state index in [1.54, 1.807) is 17.4 Å². The smallest absolute Gasteiger partial charge is 0.247 e. The molecule has 2 aromatic heterocycles. The van der Waals surface area contributed by atoms with Gasteiger partial charge >= 0.3 is 0 Å². The number of hydrogen-bond acceptors (Lipinski definition) is 4. The third-order valence-electron chi connectivity index (χ3n) is 4.07. The zero-order valence-electron chi connectivity index (χ0n) is 13.4. The monoisotopic (exact) mass is 331 g/mol. The maximum atomic E-state index is 12.7. The van der Waals surface area contributed by atoms with Gasteiger partial charge in [-0.3, -0.25) is 9.48 Å². The molecule has 0 saturated carbocycles. The molecule has 1 amide bonds. The molecule has 0 N–H and O–H groups in total. The largest absolute Gasteiger partial charge is 0.379 e. The van der Waals surface area contributed by atoms with E-state index in [4.69, 9.17) is 4.74 Å². The third kappa shape index (κ3) is 3.38. The van der Waals surface area contributed by atoms with Crippen LogP contribution >= 0.6 is 11.3 Å². The van der Waals surface area contributed by atoms with E-state index < -0.39 is 0 Å². The van der Waals surface area contributed by atoms with Crippen molar-refractivity contribution < 1.29 is 9.53 Å². The molecule has 23 heavy (non-hydrogen) atoms. The van der Waals surface area contributed by atoms with Crippen LogP contribution in [0.1, 0.15) is 29.1 Å². The van der Waals surface area contributed by atoms with Gasteiger partial charge in [0.1, 0.15) is 0 Å². The summed E-state index contributed by atoms with van der Waals surface area (Å²) in [6.07, 6.45) is 6.28. The molecule has 0 spiro atoms. The summed E-state index contributed by atoms with van der Waals surface area (Å²) in [7, 11) is 1.92. The first-order valence-electron chi connectivity index (χ1n) is 7.81. The molecule has 0 saturated heterocycles. The van der Waals surface area contributed by atoms with Crippen LogP contribution in [0.15, 0.2) is 29.8 Å². The molecule has 0 unspecified atom stereocenters. The molecular weight excluding hydrogens is 310 g/mol. The fourth-order valence-electron chi connectivity index (χ4n) is 2.96. The number of hydrogen-bond donors (Lipinski definition) is 0. The first-order chi connectivity index (χ1) is 11.2. The zero-order valence-corrected chi connectivity index (χ0v) is 14.3. The molecule has 0 aliphatic carbocycles. The molecule has 1 aliphatic rings. The Balaban J connectivity index is 1.82. The highest BCUT2D eigenvalue weighted by Crippen LogP contribution is 2.30. The summed E-state index contributed by atoms with van der Waals surface area (Å²) < 4.78 is 7.49. The van der Waals surface area contributed by atoms with Crippen molar-refractivity contribution in [3.05, 3.63) is 45.9 Å². The van der Waals surface area contributed by atoms with Crippen molar-refractivity contribution in [2.45, 2.75) is 19.4 Å². The third-order valence-corrected chi connectivity index (χ3v) is 4.91. The summed E-state index contributed by atoms with van der Waals surface area (Å²) in [4.78, 5) is 15.6. The van der Waals surface area contributed by atoms with Crippen LogP contribution in [-0.4, -0.2) is 40.3 Å². The van der Waals surface area contributed by atoms with Gasteiger partial charge in [-0.25, -0.2) is 0 Å². The number of nitrogens with zero attached hydrogens (tertiary/aromatic N) is 3. The van der Waals surface area contributed by atoms with Crippen LogP contribution in [-0.2, 0) is 23.0 Å². The number of fused-ring (bicyclic) bond motifs is 1. The number of ether oxygens (including phenoxy) is 1. The van der Waals surface area contributed by atoms with Crippen molar-refractivity contribution in [3.63, 3.8) is 0 Å². The van der Waals surface area contributed by atoms with E-state index in [1.165, 1.54) is 5.56 Å². The van der Waals surface area contributed by atoms with Gasteiger partial charge < -0.3 is 9.64 Å². The second-order valence-electron chi connectivity index (χ2n) is 5.48. The second kappa shape index (κ2) is 7.10. The van der Waals surface area contributed by atoms with Crippen molar-refractivity contribution >= 4 is 23.3 Å². The minimum atomic E-state index is -0.0771. The molecule has 0 aromatic carbocycles. The summed E-state index contributed by atoms with van der Waals surface area (Å²) in [6, 6.07) is 3.91. The minimum Gasteiger partial charge on any atom is -0.379 e. The summed E-state index contributed by atoms with van der Waals surface area (Å²) in [5.74, 6) is 0.0231. The van der Waals surface area contributed by atoms with E-state index in [9.17, 15) is 4.79 Å². The Morgan fingerprint density at radius 2 is 2.43 bits per heavy atom. The van der Waals surface area contributed by atoms with Crippen LogP contribution in [0.25, 0.3) is 6.08 Å². The van der Waals surface area contributed by atoms with Gasteiger partial charge in [0, 0.05) is 31.2 Å². The Morgan fingerprint density at radius 3 is 3.17 bits per heavy atom. The quantitative estimate of drug-likeness (QED) is 0.792. The van der Waals surface area contributed by atoms with Gasteiger partial charge in [-0.15, -0.1) is 11.3 Å². The highest BCUT2D eigenvalue weighted by atomic mass is 32.1. The van der Waals surface area contributed by atoms with Gasteiger partial charge in [0.25, 0.3) is 0 Å². The average molecular weight is 331 g/mol. The lowest BCUT2D eigenvalue weighted by Crippen LogP contribution is -2.42. The number of amides is 1. The van der Waals surface area contributed by atoms with Gasteiger partial charge in [-0.2, -0.15) is 5.10 Å². The Hall–Kier alpha value is -1.92. The molecule has 0 radical (unpaired) electrons. The topological polar surface area (TPSA) is 47.4 Å². The lowest BCUT2D eigenvalue weighted by atomic mass is 10.00. The number of carbonyl (C=O) groups is 1. The predicted molar refractivity (Wildman–Crippen MR) is 91.2 cm³/mol. The van der Waals surface area contributed by atoms with Crippen LogP contribution < -0.4 is 0 Å². The number of aryl methyl sites for hydroxylation is 1. The predicted octanol–water partition coefficient (Wildman–Crippen LogP) is 2.66. The molecule has 122 valence electrons. The molecule has 1 aliphatic heterocycles. The second-order valence-corrected chi connectivity index (χ2v) is 6.46. The fourth-order valence-corrected chi connectivity index (χ4v) is 3.57. The maximum absolute atomic E-state index is 12.7. The lowest BCUT2D eigenvalue weighted by Gasteiger charge is -2.35. The fraction of sp³-hybridized carbons (Fsp3) is 0.412. The Labute approximate surface area is 140 Å². The van der Waals surface area contributed by atoms with E-state index >= 15 is 0 Å². The Kier molecular flexibility index (Phi) is 4.93. The van der Waals surface area contributed by atoms with Crippen molar-refractivity contribution in [3.8, 4) is 0 Å². The summed E-state index contributed by atoms with van der Waals surface area (Å²) in [5.41, 5.74) is 2.30. The lowest BCUT2D eigenvalue weighted by molar-refractivity contribution is -0.130. The molecule has 3 rings (SSSR count). The van der Waals surface area contributed by atoms with E-state index in [-0.39, 0.29) is 11.9 Å². The first kappa shape index (κ1) is 16.0. The summed E-state index contributed by atoms with van der Waals surface area (Å²) in [6.45, 7) is 3.80. The highest BCUT2D eigenvalue weighted by Gasteiger charge is 2.32. The molecule has 0 bridgehead atoms. The number of thiophene rings is 1. The number of carbonyl (C=O) groups excluding carboxylic acids is 1. The van der Waals surface area contributed by atoms with Crippen LogP contribution in [0.5, 0.6) is 0 Å². The minimum absolute atomic E-state index is 0.0231. The summed E-state index contributed by atoms with van der Waals surface area (Å²) >= 11 is 1.62. The molecule has 0 fully saturated rings. The Bertz CT molecular complexity index is 691. The van der Waals surface area contributed by atoms with E-state index in [2.05, 4.69) is 5.10 Å². The molecule has 1 atom stereocenters. The van der Waals surface area contributed by atoms with E-state index in [0.29, 0.717) is 19.8 Å². The van der Waals surface area contributed by atoms with Gasteiger partial charge in [-0.1, -0.05) is 6.07 Å². The van der Waals surface area contributed by atoms with Crippen molar-refractivity contribution in [1.29, 1.82) is 0 Å². The summed E-state index contributed by atoms with van der Waals surface area (Å²) in [5, 5.41) is 6.35. The van der Waals surface area contributed by atoms with Gasteiger partial charge in [-0.05, 0) is 36.4 Å². The molecular formula is C17H21N3O2S. The standard InChI is InChI=1S/C17H21N3O2S/c1-3-22-12-15-17-13(11-18-19(17)2)8-9-20(15)16(21)7-6-14-5-4-10-23-14/h4-7,10-11,15H,3,8-9,12H2,1-2H3/b7-6+/t15-/m0/s1. The van der Waals surface area contributed by atoms with E-state index in [0.717, 1.165) is 17.0 Å². The van der Waals surface area contributed by atoms with Crippen LogP contribution in [0.2, 0.25) is 0 Å². The van der Waals surface area contributed by atoms with Crippen LogP contribution in [0.3, 0.4) is 0 Å². The highest BCUT2D eigenvalue weighted by molar-refractivity contribution is 7.10. The molecule has 5 nitrogen and oxygen atoms in total. The molecule has 3 heterocycles. The van der Waals surface area contributed by atoms with Gasteiger partial charge in [0.05, 0.1) is 24.5 Å². The molecule has 2 aromatic rings. The van der Waals surface area contributed by atoms with Gasteiger partial charge in [0.15, 0.2) is 0 Å². The first-order valence-corrected chi connectivity index (χ1v) is 8.69. The van der Waals surface area contributed by atoms with Crippen molar-refractivity contribution in [2.75, 3.05) is 19.8 Å². The maximum Gasteiger partial charge on any atom is 0.247 e. The normalized spacial score (nSPS) is 17.7. The number of aromatic nitrogens is 2. The molecule has 6 heteroatoms.